The number of nitrogens with zero attached hydrogens (tertiary/aromatic N) is 4. The first-order valence-corrected chi connectivity index (χ1v) is 6.51. The maximum absolute atomic E-state index is 9.89. The number of imidazole rings is 1. The molecule has 3 heterocycles. The van der Waals surface area contributed by atoms with Crippen molar-refractivity contribution in [1.82, 2.24) is 19.5 Å². The largest absolute Gasteiger partial charge is 0.394 e. The van der Waals surface area contributed by atoms with E-state index < -0.39 is 18.4 Å². The molecule has 21 heavy (non-hydrogen) atoms. The van der Waals surface area contributed by atoms with Crippen LogP contribution in [0.5, 0.6) is 0 Å². The molecule has 2 aromatic rings. The van der Waals surface area contributed by atoms with Gasteiger partial charge in [0, 0.05) is 6.42 Å². The fourth-order valence-electron chi connectivity index (χ4n) is 2.44. The Bertz CT molecular complexity index is 732. The average Bonchev–Trinajstić information content (AvgIpc) is 3.00. The van der Waals surface area contributed by atoms with Crippen LogP contribution in [0.3, 0.4) is 0 Å². The quantitative estimate of drug-likeness (QED) is 0.633. The van der Waals surface area contributed by atoms with Gasteiger partial charge < -0.3 is 20.7 Å². The zero-order valence-corrected chi connectivity index (χ0v) is 11.4. The Balaban J connectivity index is 2.14. The monoisotopic (exact) mass is 289 g/mol. The molecule has 0 saturated carbocycles. The van der Waals surface area contributed by atoms with Gasteiger partial charge in [-0.1, -0.05) is 5.92 Å². The van der Waals surface area contributed by atoms with Crippen LogP contribution in [0.1, 0.15) is 25.4 Å². The van der Waals surface area contributed by atoms with Gasteiger partial charge in [-0.2, -0.15) is 0 Å². The SMILES string of the molecule is CC#Cc1nc2c(N)ncnc2n1[C@H]1C[C@H](O)[C@@H](CO)O1. The molecular weight excluding hydrogens is 274 g/mol. The second kappa shape index (κ2) is 5.29. The number of nitrogen functional groups attached to an aromatic ring is 1. The Morgan fingerprint density at radius 1 is 1.52 bits per heavy atom. The molecular formula is C13H15N5O3. The van der Waals surface area contributed by atoms with Crippen LogP contribution in [0.4, 0.5) is 5.82 Å². The zero-order chi connectivity index (χ0) is 15.0. The molecule has 0 amide bonds. The van der Waals surface area contributed by atoms with Crippen molar-refractivity contribution in [3.8, 4) is 11.8 Å². The second-order valence-corrected chi connectivity index (χ2v) is 4.73. The fraction of sp³-hybridized carbons (Fsp3) is 0.462. The lowest BCUT2D eigenvalue weighted by atomic mass is 10.2. The highest BCUT2D eigenvalue weighted by atomic mass is 16.5. The highest BCUT2D eigenvalue weighted by Crippen LogP contribution is 2.32. The van der Waals surface area contributed by atoms with E-state index in [4.69, 9.17) is 10.5 Å². The number of aromatic nitrogens is 4. The van der Waals surface area contributed by atoms with Crippen molar-refractivity contribution in [2.75, 3.05) is 12.3 Å². The molecule has 1 aliphatic rings. The van der Waals surface area contributed by atoms with E-state index in [2.05, 4.69) is 26.8 Å². The first-order chi connectivity index (χ1) is 10.2. The molecule has 1 aliphatic heterocycles. The van der Waals surface area contributed by atoms with Crippen molar-refractivity contribution in [1.29, 1.82) is 0 Å². The summed E-state index contributed by atoms with van der Waals surface area (Å²) < 4.78 is 7.34. The number of fused-ring (bicyclic) bond motifs is 1. The van der Waals surface area contributed by atoms with Crippen LogP contribution in [-0.2, 0) is 4.74 Å². The molecule has 0 aliphatic carbocycles. The number of hydrogen-bond donors (Lipinski definition) is 3. The Morgan fingerprint density at radius 3 is 3.00 bits per heavy atom. The Kier molecular flexibility index (Phi) is 3.47. The standard InChI is InChI=1S/C13H15N5O3/c1-2-3-9-17-11-12(14)15-6-16-13(11)18(9)10-4-7(20)8(5-19)21-10/h6-8,10,19-20H,4-5H2,1H3,(H2,14,15,16)/t7-,8+,10+/m0/s1. The first-order valence-electron chi connectivity index (χ1n) is 6.51. The maximum atomic E-state index is 9.89. The van der Waals surface area contributed by atoms with Gasteiger partial charge in [0.25, 0.3) is 0 Å². The Hall–Kier alpha value is -2.21. The Morgan fingerprint density at radius 2 is 2.33 bits per heavy atom. The highest BCUT2D eigenvalue weighted by Gasteiger charge is 2.36. The molecule has 0 aromatic carbocycles. The van der Waals surface area contributed by atoms with E-state index in [1.807, 2.05) is 0 Å². The van der Waals surface area contributed by atoms with Crippen molar-refractivity contribution < 1.29 is 14.9 Å². The molecule has 1 saturated heterocycles. The number of nitrogens with two attached hydrogens (primary N) is 1. The summed E-state index contributed by atoms with van der Waals surface area (Å²) in [5, 5.41) is 19.1. The van der Waals surface area contributed by atoms with Gasteiger partial charge in [-0.15, -0.1) is 0 Å². The molecule has 110 valence electrons. The summed E-state index contributed by atoms with van der Waals surface area (Å²) in [5.74, 6) is 6.35. The summed E-state index contributed by atoms with van der Waals surface area (Å²) in [6.45, 7) is 1.44. The van der Waals surface area contributed by atoms with Crippen molar-refractivity contribution in [2.24, 2.45) is 0 Å². The molecule has 0 bridgehead atoms. The van der Waals surface area contributed by atoms with E-state index in [0.29, 0.717) is 23.4 Å². The lowest BCUT2D eigenvalue weighted by molar-refractivity contribution is -0.0434. The average molecular weight is 289 g/mol. The molecule has 8 nitrogen and oxygen atoms in total. The molecule has 0 radical (unpaired) electrons. The van der Waals surface area contributed by atoms with E-state index >= 15 is 0 Å². The predicted octanol–water partition coefficient (Wildman–Crippen LogP) is -0.579. The normalized spacial score (nSPS) is 25.0. The zero-order valence-electron chi connectivity index (χ0n) is 11.4. The Labute approximate surface area is 120 Å². The van der Waals surface area contributed by atoms with Crippen LogP contribution < -0.4 is 5.73 Å². The summed E-state index contributed by atoms with van der Waals surface area (Å²) in [4.78, 5) is 12.4. The van der Waals surface area contributed by atoms with Crippen molar-refractivity contribution in [3.05, 3.63) is 12.2 Å². The molecule has 1 fully saturated rings. The lowest BCUT2D eigenvalue weighted by Crippen LogP contribution is -2.24. The van der Waals surface area contributed by atoms with Gasteiger partial charge >= 0.3 is 0 Å². The topological polar surface area (TPSA) is 119 Å². The van der Waals surface area contributed by atoms with Crippen LogP contribution >= 0.6 is 0 Å². The van der Waals surface area contributed by atoms with Crippen LogP contribution in [-0.4, -0.2) is 48.5 Å². The van der Waals surface area contributed by atoms with E-state index in [1.54, 1.807) is 11.5 Å². The van der Waals surface area contributed by atoms with E-state index in [0.717, 1.165) is 0 Å². The third-order valence-corrected chi connectivity index (χ3v) is 3.41. The molecule has 2 aromatic heterocycles. The molecule has 4 N–H and O–H groups in total. The molecule has 0 unspecified atom stereocenters. The van der Waals surface area contributed by atoms with E-state index in [9.17, 15) is 10.2 Å². The van der Waals surface area contributed by atoms with E-state index in [-0.39, 0.29) is 12.4 Å². The van der Waals surface area contributed by atoms with Crippen molar-refractivity contribution >= 4 is 17.0 Å². The third-order valence-electron chi connectivity index (χ3n) is 3.41. The molecule has 3 atom stereocenters. The number of aliphatic hydroxyl groups is 2. The minimum Gasteiger partial charge on any atom is -0.394 e. The maximum Gasteiger partial charge on any atom is 0.189 e. The summed E-state index contributed by atoms with van der Waals surface area (Å²) in [6, 6.07) is 0. The summed E-state index contributed by atoms with van der Waals surface area (Å²) in [5.41, 5.74) is 6.75. The number of aliphatic hydroxyl groups excluding tert-OH is 2. The predicted molar refractivity (Wildman–Crippen MR) is 73.9 cm³/mol. The molecule has 3 rings (SSSR count). The van der Waals surface area contributed by atoms with Crippen LogP contribution in [0.15, 0.2) is 6.33 Å². The van der Waals surface area contributed by atoms with E-state index in [1.165, 1.54) is 6.33 Å². The smallest absolute Gasteiger partial charge is 0.189 e. The van der Waals surface area contributed by atoms with Gasteiger partial charge in [0.05, 0.1) is 12.7 Å². The molecule has 8 heteroatoms. The van der Waals surface area contributed by atoms with Crippen molar-refractivity contribution in [2.45, 2.75) is 31.8 Å². The minimum absolute atomic E-state index is 0.254. The van der Waals surface area contributed by atoms with Gasteiger partial charge in [-0.05, 0) is 12.8 Å². The van der Waals surface area contributed by atoms with Crippen LogP contribution in [0.25, 0.3) is 11.2 Å². The van der Waals surface area contributed by atoms with Gasteiger partial charge in [0.1, 0.15) is 18.7 Å². The van der Waals surface area contributed by atoms with Crippen LogP contribution in [0, 0.1) is 11.8 Å². The highest BCUT2D eigenvalue weighted by molar-refractivity contribution is 5.82. The first kappa shape index (κ1) is 13.8. The molecule has 0 spiro atoms. The minimum atomic E-state index is -0.751. The summed E-state index contributed by atoms with van der Waals surface area (Å²) in [6.07, 6.45) is -0.229. The summed E-state index contributed by atoms with van der Waals surface area (Å²) >= 11 is 0. The van der Waals surface area contributed by atoms with Crippen LogP contribution in [0.2, 0.25) is 0 Å². The summed E-state index contributed by atoms with van der Waals surface area (Å²) in [7, 11) is 0. The number of anilines is 1. The van der Waals surface area contributed by atoms with Gasteiger partial charge in [0.2, 0.25) is 0 Å². The number of rotatable bonds is 2. The number of ether oxygens (including phenoxy) is 1. The lowest BCUT2D eigenvalue weighted by Gasteiger charge is -2.14. The number of hydrogen-bond acceptors (Lipinski definition) is 7. The van der Waals surface area contributed by atoms with Gasteiger partial charge in [-0.25, -0.2) is 15.0 Å². The van der Waals surface area contributed by atoms with Crippen molar-refractivity contribution in [3.63, 3.8) is 0 Å². The van der Waals surface area contributed by atoms with Gasteiger partial charge in [0.15, 0.2) is 22.8 Å². The van der Waals surface area contributed by atoms with Gasteiger partial charge in [-0.3, -0.25) is 4.57 Å². The third kappa shape index (κ3) is 2.21. The fourth-order valence-corrected chi connectivity index (χ4v) is 2.44. The second-order valence-electron chi connectivity index (χ2n) is 4.73.